The van der Waals surface area contributed by atoms with Crippen LogP contribution in [0.1, 0.15) is 54.4 Å². The van der Waals surface area contributed by atoms with Crippen LogP contribution in [0.25, 0.3) is 0 Å². The van der Waals surface area contributed by atoms with Gasteiger partial charge in [-0.15, -0.1) is 0 Å². The summed E-state index contributed by atoms with van der Waals surface area (Å²) in [6, 6.07) is 0. The summed E-state index contributed by atoms with van der Waals surface area (Å²) < 4.78 is 5.84. The molecule has 0 fully saturated rings. The van der Waals surface area contributed by atoms with Gasteiger partial charge >= 0.3 is 0 Å². The molecular weight excluding hydrogens is 188 g/mol. The Hall–Kier alpha value is -0.120. The fraction of sp³-hybridized carbons (Fsp3) is 1.00. The first-order valence-electron chi connectivity index (χ1n) is 5.73. The smallest absolute Gasteiger partial charge is 0.0567 e. The number of hydrogen-bond donors (Lipinski definition) is 2. The van der Waals surface area contributed by atoms with E-state index in [-0.39, 0.29) is 23.3 Å². The van der Waals surface area contributed by atoms with E-state index in [2.05, 4.69) is 13.8 Å². The van der Waals surface area contributed by atoms with Crippen LogP contribution in [0.3, 0.4) is 0 Å². The lowest BCUT2D eigenvalue weighted by atomic mass is 9.97. The predicted molar refractivity (Wildman–Crippen MR) is 65.8 cm³/mol. The highest BCUT2D eigenvalue weighted by molar-refractivity contribution is 4.78. The summed E-state index contributed by atoms with van der Waals surface area (Å²) >= 11 is 0. The minimum Gasteiger partial charge on any atom is -0.375 e. The Morgan fingerprint density at radius 1 is 0.867 bits per heavy atom. The molecular formula is C12H28N2O. The monoisotopic (exact) mass is 216 g/mol. The molecule has 0 amide bonds. The van der Waals surface area contributed by atoms with Gasteiger partial charge in [-0.25, -0.2) is 0 Å². The fourth-order valence-electron chi connectivity index (χ4n) is 1.97. The minimum absolute atomic E-state index is 0.169. The van der Waals surface area contributed by atoms with E-state index in [1.165, 1.54) is 0 Å². The van der Waals surface area contributed by atoms with Gasteiger partial charge in [0.1, 0.15) is 0 Å². The maximum absolute atomic E-state index is 5.93. The first kappa shape index (κ1) is 14.9. The normalized spacial score (nSPS) is 17.6. The molecule has 0 aromatic heterocycles. The maximum atomic E-state index is 5.93. The van der Waals surface area contributed by atoms with Gasteiger partial charge in [-0.05, 0) is 54.4 Å². The molecule has 0 aromatic rings. The second-order valence-electron chi connectivity index (χ2n) is 6.14. The fourth-order valence-corrected chi connectivity index (χ4v) is 1.97. The Balaban J connectivity index is 3.92. The third kappa shape index (κ3) is 10.2. The van der Waals surface area contributed by atoms with Crippen LogP contribution < -0.4 is 11.5 Å². The number of rotatable bonds is 6. The zero-order chi connectivity index (χ0) is 12.3. The highest BCUT2D eigenvalue weighted by atomic mass is 16.5. The number of hydrogen-bond acceptors (Lipinski definition) is 3. The molecule has 0 spiro atoms. The third-order valence-electron chi connectivity index (χ3n) is 2.09. The van der Waals surface area contributed by atoms with Crippen LogP contribution in [0.15, 0.2) is 0 Å². The first-order chi connectivity index (χ1) is 6.49. The molecule has 2 unspecified atom stereocenters. The topological polar surface area (TPSA) is 61.3 Å². The molecule has 0 aliphatic carbocycles. The van der Waals surface area contributed by atoms with Crippen LogP contribution >= 0.6 is 0 Å². The quantitative estimate of drug-likeness (QED) is 0.714. The molecule has 92 valence electrons. The maximum Gasteiger partial charge on any atom is 0.0567 e. The SMILES string of the molecule is CC(CC(C)(C)N)OC(C)CC(C)(C)N. The Kier molecular flexibility index (Phi) is 5.24. The van der Waals surface area contributed by atoms with Gasteiger partial charge in [-0.1, -0.05) is 0 Å². The van der Waals surface area contributed by atoms with Crippen molar-refractivity contribution >= 4 is 0 Å². The van der Waals surface area contributed by atoms with Crippen LogP contribution in [0.2, 0.25) is 0 Å². The molecule has 15 heavy (non-hydrogen) atoms. The van der Waals surface area contributed by atoms with Crippen molar-refractivity contribution in [1.29, 1.82) is 0 Å². The van der Waals surface area contributed by atoms with Gasteiger partial charge in [0.15, 0.2) is 0 Å². The van der Waals surface area contributed by atoms with Crippen LogP contribution in [0.4, 0.5) is 0 Å². The van der Waals surface area contributed by atoms with E-state index in [1.54, 1.807) is 0 Å². The van der Waals surface area contributed by atoms with Crippen molar-refractivity contribution in [3.05, 3.63) is 0 Å². The van der Waals surface area contributed by atoms with Gasteiger partial charge < -0.3 is 16.2 Å². The summed E-state index contributed by atoms with van der Waals surface area (Å²) in [5.74, 6) is 0. The average Bonchev–Trinajstić information content (AvgIpc) is 1.73. The molecule has 0 aliphatic heterocycles. The Bertz CT molecular complexity index is 159. The third-order valence-corrected chi connectivity index (χ3v) is 2.09. The van der Waals surface area contributed by atoms with Crippen LogP contribution in [0.5, 0.6) is 0 Å². The van der Waals surface area contributed by atoms with Crippen LogP contribution in [0, 0.1) is 0 Å². The van der Waals surface area contributed by atoms with Crippen LogP contribution in [-0.2, 0) is 4.74 Å². The predicted octanol–water partition coefficient (Wildman–Crippen LogP) is 2.03. The molecule has 2 atom stereocenters. The van der Waals surface area contributed by atoms with Crippen molar-refractivity contribution in [2.75, 3.05) is 0 Å². The zero-order valence-electron chi connectivity index (χ0n) is 11.1. The second-order valence-corrected chi connectivity index (χ2v) is 6.14. The highest BCUT2D eigenvalue weighted by Gasteiger charge is 2.21. The molecule has 0 bridgehead atoms. The van der Waals surface area contributed by atoms with E-state index < -0.39 is 0 Å². The average molecular weight is 216 g/mol. The van der Waals surface area contributed by atoms with E-state index >= 15 is 0 Å². The molecule has 0 saturated heterocycles. The Morgan fingerprint density at radius 2 is 1.13 bits per heavy atom. The Labute approximate surface area is 94.5 Å². The summed E-state index contributed by atoms with van der Waals surface area (Å²) in [7, 11) is 0. The van der Waals surface area contributed by atoms with E-state index in [1.807, 2.05) is 27.7 Å². The molecule has 0 saturated carbocycles. The van der Waals surface area contributed by atoms with Gasteiger partial charge in [0.25, 0.3) is 0 Å². The van der Waals surface area contributed by atoms with Crippen molar-refractivity contribution in [3.63, 3.8) is 0 Å². The summed E-state index contributed by atoms with van der Waals surface area (Å²) in [6.45, 7) is 12.2. The van der Waals surface area contributed by atoms with Crippen molar-refractivity contribution in [3.8, 4) is 0 Å². The summed E-state index contributed by atoms with van der Waals surface area (Å²) in [6.07, 6.45) is 2.09. The van der Waals surface area contributed by atoms with Crippen molar-refractivity contribution in [2.24, 2.45) is 11.5 Å². The van der Waals surface area contributed by atoms with Crippen molar-refractivity contribution < 1.29 is 4.74 Å². The second kappa shape index (κ2) is 5.28. The minimum atomic E-state index is -0.169. The van der Waals surface area contributed by atoms with E-state index in [4.69, 9.17) is 16.2 Å². The van der Waals surface area contributed by atoms with Crippen LogP contribution in [-0.4, -0.2) is 23.3 Å². The molecule has 3 nitrogen and oxygen atoms in total. The molecule has 3 heteroatoms. The molecule has 0 aliphatic rings. The van der Waals surface area contributed by atoms with Gasteiger partial charge in [0.05, 0.1) is 12.2 Å². The summed E-state index contributed by atoms with van der Waals surface area (Å²) in [5.41, 5.74) is 11.5. The van der Waals surface area contributed by atoms with E-state index in [9.17, 15) is 0 Å². The number of ether oxygens (including phenoxy) is 1. The van der Waals surface area contributed by atoms with Gasteiger partial charge in [0, 0.05) is 11.1 Å². The number of nitrogens with two attached hydrogens (primary N) is 2. The van der Waals surface area contributed by atoms with Crippen molar-refractivity contribution in [1.82, 2.24) is 0 Å². The van der Waals surface area contributed by atoms with Crippen molar-refractivity contribution in [2.45, 2.75) is 77.7 Å². The summed E-state index contributed by atoms with van der Waals surface area (Å²) in [4.78, 5) is 0. The zero-order valence-corrected chi connectivity index (χ0v) is 11.1. The standard InChI is InChI=1S/C12H28N2O/c1-9(7-11(3,4)13)15-10(2)8-12(5,6)14/h9-10H,7-8,13-14H2,1-6H3. The molecule has 4 N–H and O–H groups in total. The molecule has 0 heterocycles. The first-order valence-corrected chi connectivity index (χ1v) is 5.73. The molecule has 0 radical (unpaired) electrons. The van der Waals surface area contributed by atoms with E-state index in [0.29, 0.717) is 0 Å². The van der Waals surface area contributed by atoms with Gasteiger partial charge in [0.2, 0.25) is 0 Å². The Morgan fingerprint density at radius 3 is 1.33 bits per heavy atom. The lowest BCUT2D eigenvalue weighted by molar-refractivity contribution is -0.0160. The molecule has 0 rings (SSSR count). The summed E-state index contributed by atoms with van der Waals surface area (Å²) in [5, 5.41) is 0. The largest absolute Gasteiger partial charge is 0.375 e. The van der Waals surface area contributed by atoms with E-state index in [0.717, 1.165) is 12.8 Å². The highest BCUT2D eigenvalue weighted by Crippen LogP contribution is 2.16. The lowest BCUT2D eigenvalue weighted by Crippen LogP contribution is -2.39. The van der Waals surface area contributed by atoms with Gasteiger partial charge in [-0.2, -0.15) is 0 Å². The molecule has 0 aromatic carbocycles. The van der Waals surface area contributed by atoms with Gasteiger partial charge in [-0.3, -0.25) is 0 Å². The lowest BCUT2D eigenvalue weighted by Gasteiger charge is -2.29.